The first-order valence-electron chi connectivity index (χ1n) is 10.2. The normalized spacial score (nSPS) is 11.6. The molecule has 0 bridgehead atoms. The number of hydrogen-bond acceptors (Lipinski definition) is 3. The molecule has 0 atom stereocenters. The third kappa shape index (κ3) is 4.83. The second-order valence-electron chi connectivity index (χ2n) is 8.58. The molecule has 0 fully saturated rings. The van der Waals surface area contributed by atoms with Gasteiger partial charge in [-0.15, -0.1) is 10.2 Å². The SMILES string of the molecule is CC(C)(C)c1ccc(-c2nnc(-c3ccc(-c4cc(CBr)ccc4CBr)cc3)o2)cc1. The molecular weight excluding hydrogens is 516 g/mol. The van der Waals surface area contributed by atoms with Gasteiger partial charge < -0.3 is 4.42 Å². The maximum atomic E-state index is 5.97. The molecular formula is C26H24Br2N2O. The minimum absolute atomic E-state index is 0.114. The molecule has 1 heterocycles. The third-order valence-electron chi connectivity index (χ3n) is 5.34. The van der Waals surface area contributed by atoms with Crippen molar-refractivity contribution in [2.75, 3.05) is 0 Å². The fourth-order valence-electron chi connectivity index (χ4n) is 3.45. The summed E-state index contributed by atoms with van der Waals surface area (Å²) in [5.74, 6) is 1.06. The van der Waals surface area contributed by atoms with E-state index in [1.807, 2.05) is 24.3 Å². The highest BCUT2D eigenvalue weighted by Gasteiger charge is 2.15. The van der Waals surface area contributed by atoms with Crippen LogP contribution in [0.1, 0.15) is 37.5 Å². The Morgan fingerprint density at radius 1 is 0.710 bits per heavy atom. The van der Waals surface area contributed by atoms with Crippen LogP contribution in [0.2, 0.25) is 0 Å². The summed E-state index contributed by atoms with van der Waals surface area (Å²) in [6.07, 6.45) is 0. The van der Waals surface area contributed by atoms with Gasteiger partial charge in [-0.2, -0.15) is 0 Å². The van der Waals surface area contributed by atoms with Gasteiger partial charge in [0.2, 0.25) is 11.8 Å². The maximum absolute atomic E-state index is 5.97. The van der Waals surface area contributed by atoms with Gasteiger partial charge in [-0.05, 0) is 57.5 Å². The fraction of sp³-hybridized carbons (Fsp3) is 0.231. The number of halogens is 2. The second kappa shape index (κ2) is 9.09. The summed E-state index contributed by atoms with van der Waals surface area (Å²) < 4.78 is 5.97. The molecule has 0 aliphatic rings. The summed E-state index contributed by atoms with van der Waals surface area (Å²) >= 11 is 7.15. The van der Waals surface area contributed by atoms with Crippen LogP contribution in [0.15, 0.2) is 71.1 Å². The summed E-state index contributed by atoms with van der Waals surface area (Å²) in [4.78, 5) is 0. The van der Waals surface area contributed by atoms with Crippen molar-refractivity contribution in [1.29, 1.82) is 0 Å². The van der Waals surface area contributed by atoms with E-state index in [0.29, 0.717) is 11.8 Å². The minimum atomic E-state index is 0.114. The van der Waals surface area contributed by atoms with Gasteiger partial charge in [0.05, 0.1) is 0 Å². The van der Waals surface area contributed by atoms with E-state index in [1.165, 1.54) is 27.8 Å². The Morgan fingerprint density at radius 3 is 1.77 bits per heavy atom. The van der Waals surface area contributed by atoms with Crippen LogP contribution in [-0.2, 0) is 16.1 Å². The van der Waals surface area contributed by atoms with Crippen molar-refractivity contribution in [1.82, 2.24) is 10.2 Å². The minimum Gasteiger partial charge on any atom is -0.416 e. The Labute approximate surface area is 200 Å². The fourth-order valence-corrected chi connectivity index (χ4v) is 4.29. The van der Waals surface area contributed by atoms with E-state index in [-0.39, 0.29) is 5.41 Å². The molecule has 0 aliphatic heterocycles. The molecule has 0 N–H and O–H groups in total. The lowest BCUT2D eigenvalue weighted by atomic mass is 9.87. The van der Waals surface area contributed by atoms with Gasteiger partial charge in [0.25, 0.3) is 0 Å². The Kier molecular flexibility index (Phi) is 6.44. The van der Waals surface area contributed by atoms with E-state index >= 15 is 0 Å². The van der Waals surface area contributed by atoms with Crippen molar-refractivity contribution < 1.29 is 4.42 Å². The molecule has 0 radical (unpaired) electrons. The third-order valence-corrected chi connectivity index (χ3v) is 6.59. The van der Waals surface area contributed by atoms with Crippen LogP contribution >= 0.6 is 31.9 Å². The van der Waals surface area contributed by atoms with E-state index in [4.69, 9.17) is 4.42 Å². The van der Waals surface area contributed by atoms with Gasteiger partial charge in [0.1, 0.15) is 0 Å². The topological polar surface area (TPSA) is 38.9 Å². The summed E-state index contributed by atoms with van der Waals surface area (Å²) in [5.41, 5.74) is 8.13. The molecule has 1 aromatic heterocycles. The highest BCUT2D eigenvalue weighted by molar-refractivity contribution is 9.08. The molecule has 5 heteroatoms. The van der Waals surface area contributed by atoms with E-state index in [9.17, 15) is 0 Å². The van der Waals surface area contributed by atoms with Crippen molar-refractivity contribution >= 4 is 31.9 Å². The Bertz CT molecular complexity index is 1170. The standard InChI is InChI=1S/C26H24Br2N2O/c1-26(2,3)22-12-10-20(11-13-22)25-30-29-24(31-25)19-8-6-18(7-9-19)23-14-17(15-27)4-5-21(23)16-28/h4-14H,15-16H2,1-3H3. The highest BCUT2D eigenvalue weighted by atomic mass is 79.9. The molecule has 0 aliphatic carbocycles. The molecule has 0 unspecified atom stereocenters. The van der Waals surface area contributed by atoms with E-state index in [2.05, 4.69) is 105 Å². The van der Waals surface area contributed by atoms with Crippen LogP contribution in [0.25, 0.3) is 34.0 Å². The number of benzene rings is 3. The zero-order valence-corrected chi connectivity index (χ0v) is 21.0. The summed E-state index contributed by atoms with van der Waals surface area (Å²) in [5, 5.41) is 10.2. The maximum Gasteiger partial charge on any atom is 0.248 e. The molecule has 158 valence electrons. The van der Waals surface area contributed by atoms with Crippen LogP contribution in [-0.4, -0.2) is 10.2 Å². The van der Waals surface area contributed by atoms with Gasteiger partial charge in [0.15, 0.2) is 0 Å². The van der Waals surface area contributed by atoms with E-state index < -0.39 is 0 Å². The first kappa shape index (κ1) is 22.0. The summed E-state index contributed by atoms with van der Waals surface area (Å²) in [6, 6.07) is 23.2. The van der Waals surface area contributed by atoms with Gasteiger partial charge in [-0.1, -0.05) is 95.1 Å². The zero-order chi connectivity index (χ0) is 22.0. The van der Waals surface area contributed by atoms with Gasteiger partial charge in [-0.25, -0.2) is 0 Å². The van der Waals surface area contributed by atoms with Gasteiger partial charge in [-0.3, -0.25) is 0 Å². The van der Waals surface area contributed by atoms with Crippen molar-refractivity contribution in [3.8, 4) is 34.0 Å². The predicted molar refractivity (Wildman–Crippen MR) is 135 cm³/mol. The highest BCUT2D eigenvalue weighted by Crippen LogP contribution is 2.31. The van der Waals surface area contributed by atoms with Gasteiger partial charge >= 0.3 is 0 Å². The number of aromatic nitrogens is 2. The van der Waals surface area contributed by atoms with Crippen LogP contribution in [0.5, 0.6) is 0 Å². The number of hydrogen-bond donors (Lipinski definition) is 0. The van der Waals surface area contributed by atoms with Crippen LogP contribution < -0.4 is 0 Å². The van der Waals surface area contributed by atoms with Crippen molar-refractivity contribution in [3.05, 3.63) is 83.4 Å². The smallest absolute Gasteiger partial charge is 0.248 e. The zero-order valence-electron chi connectivity index (χ0n) is 17.8. The summed E-state index contributed by atoms with van der Waals surface area (Å²) in [6.45, 7) is 6.61. The molecule has 4 rings (SSSR count). The Hall–Kier alpha value is -2.24. The molecule has 0 spiro atoms. The predicted octanol–water partition coefficient (Wildman–Crippen LogP) is 8.16. The average molecular weight is 540 g/mol. The summed E-state index contributed by atoms with van der Waals surface area (Å²) in [7, 11) is 0. The monoisotopic (exact) mass is 538 g/mol. The number of nitrogens with zero attached hydrogens (tertiary/aromatic N) is 2. The van der Waals surface area contributed by atoms with Crippen LogP contribution in [0, 0.1) is 0 Å². The quantitative estimate of drug-likeness (QED) is 0.240. The Balaban J connectivity index is 1.59. The molecule has 0 saturated heterocycles. The molecule has 0 amide bonds. The first-order chi connectivity index (χ1) is 14.9. The van der Waals surface area contributed by atoms with E-state index in [1.54, 1.807) is 0 Å². The lowest BCUT2D eigenvalue weighted by molar-refractivity contribution is 0.582. The molecule has 3 nitrogen and oxygen atoms in total. The second-order valence-corrected chi connectivity index (χ2v) is 9.70. The lowest BCUT2D eigenvalue weighted by Crippen LogP contribution is -2.10. The molecule has 4 aromatic rings. The largest absolute Gasteiger partial charge is 0.416 e. The molecule has 3 aromatic carbocycles. The van der Waals surface area contributed by atoms with Crippen LogP contribution in [0.4, 0.5) is 0 Å². The molecule has 0 saturated carbocycles. The lowest BCUT2D eigenvalue weighted by Gasteiger charge is -2.18. The Morgan fingerprint density at radius 2 is 1.26 bits per heavy atom. The van der Waals surface area contributed by atoms with Crippen molar-refractivity contribution in [3.63, 3.8) is 0 Å². The van der Waals surface area contributed by atoms with Crippen molar-refractivity contribution in [2.45, 2.75) is 36.8 Å². The van der Waals surface area contributed by atoms with E-state index in [0.717, 1.165) is 21.8 Å². The molecule has 31 heavy (non-hydrogen) atoms. The number of rotatable bonds is 5. The van der Waals surface area contributed by atoms with Crippen LogP contribution in [0.3, 0.4) is 0 Å². The number of alkyl halides is 2. The average Bonchev–Trinajstić information content (AvgIpc) is 3.28. The first-order valence-corrected chi connectivity index (χ1v) is 12.4. The van der Waals surface area contributed by atoms with Gasteiger partial charge in [0, 0.05) is 21.8 Å². The van der Waals surface area contributed by atoms with Crippen molar-refractivity contribution in [2.24, 2.45) is 0 Å².